The number of benzene rings is 2. The van der Waals surface area contributed by atoms with Crippen molar-refractivity contribution in [3.8, 4) is 11.5 Å². The lowest BCUT2D eigenvalue weighted by Gasteiger charge is -2.18. The number of hydrogen-bond donors (Lipinski definition) is 2. The Bertz CT molecular complexity index is 774. The van der Waals surface area contributed by atoms with Crippen molar-refractivity contribution in [2.75, 3.05) is 19.0 Å². The van der Waals surface area contributed by atoms with Gasteiger partial charge >= 0.3 is 0 Å². The molecule has 28 heavy (non-hydrogen) atoms. The maximum atomic E-state index is 12.7. The van der Waals surface area contributed by atoms with E-state index < -0.39 is 6.10 Å². The third-order valence-electron chi connectivity index (χ3n) is 4.25. The van der Waals surface area contributed by atoms with Gasteiger partial charge in [0.1, 0.15) is 11.5 Å². The minimum atomic E-state index is -0.676. The molecule has 2 amide bonds. The highest BCUT2D eigenvalue weighted by atomic mass is 16.5. The van der Waals surface area contributed by atoms with E-state index in [-0.39, 0.29) is 11.8 Å². The highest BCUT2D eigenvalue weighted by molar-refractivity contribution is 6.04. The van der Waals surface area contributed by atoms with Crippen molar-refractivity contribution in [3.63, 3.8) is 0 Å². The average Bonchev–Trinajstić information content (AvgIpc) is 2.72. The number of para-hydroxylation sites is 1. The van der Waals surface area contributed by atoms with Crippen LogP contribution in [0.1, 0.15) is 43.5 Å². The average molecular weight is 384 g/mol. The molecule has 2 N–H and O–H groups in total. The second-order valence-corrected chi connectivity index (χ2v) is 6.33. The van der Waals surface area contributed by atoms with Crippen LogP contribution in [0, 0.1) is 0 Å². The summed E-state index contributed by atoms with van der Waals surface area (Å²) in [5.41, 5.74) is 0.907. The second-order valence-electron chi connectivity index (χ2n) is 6.33. The van der Waals surface area contributed by atoms with E-state index in [1.807, 2.05) is 6.92 Å². The van der Waals surface area contributed by atoms with Crippen molar-refractivity contribution in [2.45, 2.75) is 39.2 Å². The van der Waals surface area contributed by atoms with E-state index in [4.69, 9.17) is 9.47 Å². The number of carbonyl (C=O) groups excluding carboxylic acids is 2. The number of rotatable bonds is 10. The van der Waals surface area contributed by atoms with Crippen LogP contribution in [0.3, 0.4) is 0 Å². The molecule has 0 heterocycles. The highest BCUT2D eigenvalue weighted by Gasteiger charge is 2.21. The van der Waals surface area contributed by atoms with E-state index in [1.165, 1.54) is 0 Å². The molecular formula is C22H28N2O4. The van der Waals surface area contributed by atoms with Crippen LogP contribution in [0.15, 0.2) is 48.5 Å². The first-order chi connectivity index (χ1) is 13.6. The lowest BCUT2D eigenvalue weighted by Crippen LogP contribution is -2.33. The minimum absolute atomic E-state index is 0.200. The normalized spacial score (nSPS) is 11.4. The number of ether oxygens (including phenoxy) is 2. The van der Waals surface area contributed by atoms with Gasteiger partial charge in [-0.05, 0) is 49.2 Å². The standard InChI is InChI=1S/C22H28N2O4/c1-4-6-15-23-21(25)18-9-7-8-10-19(18)24-22(26)20(5-2)28-17-13-11-16(27-3)12-14-17/h7-14,20H,4-6,15H2,1-3H3,(H,23,25)(H,24,26)/t20-/m1/s1. The number of amides is 2. The van der Waals surface area contributed by atoms with Crippen molar-refractivity contribution in [2.24, 2.45) is 0 Å². The molecular weight excluding hydrogens is 356 g/mol. The SMILES string of the molecule is CCCCNC(=O)c1ccccc1NC(=O)[C@@H](CC)Oc1ccc(OC)cc1. The van der Waals surface area contributed by atoms with Crippen LogP contribution in [0.5, 0.6) is 11.5 Å². The molecule has 2 rings (SSSR count). The zero-order valence-corrected chi connectivity index (χ0v) is 16.7. The molecule has 0 aliphatic carbocycles. The maximum Gasteiger partial charge on any atom is 0.265 e. The molecule has 0 saturated heterocycles. The van der Waals surface area contributed by atoms with Gasteiger partial charge in [-0.25, -0.2) is 0 Å². The summed E-state index contributed by atoms with van der Waals surface area (Å²) in [6.45, 7) is 4.54. The summed E-state index contributed by atoms with van der Waals surface area (Å²) in [5.74, 6) is 0.793. The molecule has 0 spiro atoms. The van der Waals surface area contributed by atoms with Crippen molar-refractivity contribution >= 4 is 17.5 Å². The fourth-order valence-electron chi connectivity index (χ4n) is 2.62. The smallest absolute Gasteiger partial charge is 0.265 e. The molecule has 6 nitrogen and oxygen atoms in total. The quantitative estimate of drug-likeness (QED) is 0.607. The molecule has 0 fully saturated rings. The predicted molar refractivity (Wildman–Crippen MR) is 110 cm³/mol. The van der Waals surface area contributed by atoms with E-state index in [0.29, 0.717) is 35.7 Å². The number of anilines is 1. The fourth-order valence-corrected chi connectivity index (χ4v) is 2.62. The van der Waals surface area contributed by atoms with Gasteiger partial charge in [0, 0.05) is 6.54 Å². The summed E-state index contributed by atoms with van der Waals surface area (Å²) < 4.78 is 10.9. The topological polar surface area (TPSA) is 76.7 Å². The molecule has 0 aromatic heterocycles. The van der Waals surface area contributed by atoms with Gasteiger partial charge in [0.2, 0.25) is 0 Å². The lowest BCUT2D eigenvalue weighted by atomic mass is 10.1. The first-order valence-electron chi connectivity index (χ1n) is 9.57. The molecule has 2 aromatic carbocycles. The molecule has 150 valence electrons. The van der Waals surface area contributed by atoms with Gasteiger partial charge in [-0.15, -0.1) is 0 Å². The summed E-state index contributed by atoms with van der Waals surface area (Å²) >= 11 is 0. The van der Waals surface area contributed by atoms with Crippen LogP contribution in [0.2, 0.25) is 0 Å². The van der Waals surface area contributed by atoms with Gasteiger partial charge in [-0.3, -0.25) is 9.59 Å². The molecule has 0 bridgehead atoms. The molecule has 2 aromatic rings. The van der Waals surface area contributed by atoms with Crippen LogP contribution in [0.25, 0.3) is 0 Å². The zero-order chi connectivity index (χ0) is 20.4. The van der Waals surface area contributed by atoms with E-state index >= 15 is 0 Å². The van der Waals surface area contributed by atoms with Crippen LogP contribution in [0.4, 0.5) is 5.69 Å². The minimum Gasteiger partial charge on any atom is -0.497 e. The van der Waals surface area contributed by atoms with Gasteiger partial charge in [0.25, 0.3) is 11.8 Å². The fraction of sp³-hybridized carbons (Fsp3) is 0.364. The highest BCUT2D eigenvalue weighted by Crippen LogP contribution is 2.20. The lowest BCUT2D eigenvalue weighted by molar-refractivity contribution is -0.122. The van der Waals surface area contributed by atoms with Crippen molar-refractivity contribution in [1.29, 1.82) is 0 Å². The summed E-state index contributed by atoms with van der Waals surface area (Å²) in [6, 6.07) is 14.0. The number of methoxy groups -OCH3 is 1. The van der Waals surface area contributed by atoms with Crippen LogP contribution >= 0.6 is 0 Å². The van der Waals surface area contributed by atoms with Crippen molar-refractivity contribution < 1.29 is 19.1 Å². The Morgan fingerprint density at radius 3 is 2.32 bits per heavy atom. The first-order valence-corrected chi connectivity index (χ1v) is 9.57. The first kappa shape index (κ1) is 21.3. The zero-order valence-electron chi connectivity index (χ0n) is 16.7. The number of unbranched alkanes of at least 4 members (excludes halogenated alkanes) is 1. The summed E-state index contributed by atoms with van der Waals surface area (Å²) in [7, 11) is 1.59. The largest absolute Gasteiger partial charge is 0.497 e. The Balaban J connectivity index is 2.06. The number of carbonyl (C=O) groups is 2. The van der Waals surface area contributed by atoms with Crippen molar-refractivity contribution in [3.05, 3.63) is 54.1 Å². The van der Waals surface area contributed by atoms with Crippen LogP contribution < -0.4 is 20.1 Å². The Kier molecular flexibility index (Phi) is 8.34. The second kappa shape index (κ2) is 11.0. The van der Waals surface area contributed by atoms with Gasteiger partial charge in [-0.1, -0.05) is 32.4 Å². The number of hydrogen-bond acceptors (Lipinski definition) is 4. The summed E-state index contributed by atoms with van der Waals surface area (Å²) in [4.78, 5) is 25.1. The monoisotopic (exact) mass is 384 g/mol. The molecule has 1 atom stereocenters. The third-order valence-corrected chi connectivity index (χ3v) is 4.25. The van der Waals surface area contributed by atoms with Crippen molar-refractivity contribution in [1.82, 2.24) is 5.32 Å². The van der Waals surface area contributed by atoms with Gasteiger partial charge in [-0.2, -0.15) is 0 Å². The van der Waals surface area contributed by atoms with Gasteiger partial charge in [0.05, 0.1) is 18.4 Å². The third kappa shape index (κ3) is 6.01. The molecule has 0 aliphatic heterocycles. The summed E-state index contributed by atoms with van der Waals surface area (Å²) in [6.07, 6.45) is 1.72. The predicted octanol–water partition coefficient (Wildman–Crippen LogP) is 4.02. The van der Waals surface area contributed by atoms with Gasteiger partial charge in [0.15, 0.2) is 6.10 Å². The molecule has 6 heteroatoms. The van der Waals surface area contributed by atoms with E-state index in [2.05, 4.69) is 17.6 Å². The van der Waals surface area contributed by atoms with Crippen LogP contribution in [-0.2, 0) is 4.79 Å². The molecule has 0 saturated carbocycles. The summed E-state index contributed by atoms with van der Waals surface area (Å²) in [5, 5.41) is 5.70. The molecule has 0 unspecified atom stereocenters. The Morgan fingerprint density at radius 2 is 1.68 bits per heavy atom. The van der Waals surface area contributed by atoms with E-state index in [0.717, 1.165) is 12.8 Å². The van der Waals surface area contributed by atoms with Gasteiger partial charge < -0.3 is 20.1 Å². The Morgan fingerprint density at radius 1 is 1.00 bits per heavy atom. The van der Waals surface area contributed by atoms with Crippen LogP contribution in [-0.4, -0.2) is 31.6 Å². The Hall–Kier alpha value is -3.02. The van der Waals surface area contributed by atoms with E-state index in [9.17, 15) is 9.59 Å². The van der Waals surface area contributed by atoms with E-state index in [1.54, 1.807) is 55.6 Å². The molecule has 0 aliphatic rings. The molecule has 0 radical (unpaired) electrons. The Labute approximate surface area is 166 Å². The number of nitrogens with one attached hydrogen (secondary N) is 2. The maximum absolute atomic E-state index is 12.7.